The van der Waals surface area contributed by atoms with Gasteiger partial charge in [-0.1, -0.05) is 29.8 Å². The molecule has 0 unspecified atom stereocenters. The number of carbonyl (C=O) groups excluding carboxylic acids is 3. The van der Waals surface area contributed by atoms with Gasteiger partial charge >= 0.3 is 0 Å². The number of aryl methyl sites for hydroxylation is 1. The molecule has 0 radical (unpaired) electrons. The minimum absolute atomic E-state index is 0.0754. The van der Waals surface area contributed by atoms with Crippen molar-refractivity contribution in [3.63, 3.8) is 0 Å². The standard InChI is InChI=1S/C29H33N3O6S/c1-19-8-11-21(12-9-19)32(26(33)18-31-28(34)25-7-5-15-39-25)27(29(35)30-17-22-6-4-14-38-22)20-10-13-23(36-2)24(16-20)37-3/h5,7-13,15-16,22,27H,4,6,14,17-18H2,1-3H3,(H,30,35)(H,31,34)/t22-,27-/m0/s1. The van der Waals surface area contributed by atoms with Crippen LogP contribution in [0.4, 0.5) is 5.69 Å². The van der Waals surface area contributed by atoms with E-state index >= 15 is 0 Å². The van der Waals surface area contributed by atoms with E-state index in [9.17, 15) is 14.4 Å². The number of hydrogen-bond acceptors (Lipinski definition) is 7. The zero-order chi connectivity index (χ0) is 27.8. The molecule has 0 spiro atoms. The molecule has 39 heavy (non-hydrogen) atoms. The van der Waals surface area contributed by atoms with Crippen molar-refractivity contribution in [2.45, 2.75) is 31.9 Å². The lowest BCUT2D eigenvalue weighted by atomic mass is 10.0. The van der Waals surface area contributed by atoms with E-state index in [2.05, 4.69) is 10.6 Å². The van der Waals surface area contributed by atoms with Gasteiger partial charge in [-0.2, -0.15) is 0 Å². The number of thiophene rings is 1. The highest BCUT2D eigenvalue weighted by molar-refractivity contribution is 7.12. The van der Waals surface area contributed by atoms with E-state index in [4.69, 9.17) is 14.2 Å². The normalized spacial score (nSPS) is 15.3. The fourth-order valence-electron chi connectivity index (χ4n) is 4.44. The summed E-state index contributed by atoms with van der Waals surface area (Å²) in [6.07, 6.45) is 1.72. The molecule has 206 valence electrons. The molecule has 1 aliphatic heterocycles. The maximum Gasteiger partial charge on any atom is 0.261 e. The Labute approximate surface area is 232 Å². The molecule has 0 saturated carbocycles. The summed E-state index contributed by atoms with van der Waals surface area (Å²) in [5.41, 5.74) is 2.04. The molecule has 10 heteroatoms. The first-order chi connectivity index (χ1) is 18.9. The fourth-order valence-corrected chi connectivity index (χ4v) is 5.08. The van der Waals surface area contributed by atoms with Gasteiger partial charge < -0.3 is 24.8 Å². The number of benzene rings is 2. The second kappa shape index (κ2) is 13.3. The zero-order valence-electron chi connectivity index (χ0n) is 22.3. The van der Waals surface area contributed by atoms with Gasteiger partial charge in [0.2, 0.25) is 11.8 Å². The monoisotopic (exact) mass is 551 g/mol. The van der Waals surface area contributed by atoms with Gasteiger partial charge in [0.25, 0.3) is 5.91 Å². The van der Waals surface area contributed by atoms with E-state index in [1.807, 2.05) is 19.1 Å². The van der Waals surface area contributed by atoms with E-state index in [0.717, 1.165) is 18.4 Å². The second-order valence-electron chi connectivity index (χ2n) is 9.16. The van der Waals surface area contributed by atoms with Gasteiger partial charge in [-0.05, 0) is 61.0 Å². The van der Waals surface area contributed by atoms with Gasteiger partial charge in [0.1, 0.15) is 6.04 Å². The average Bonchev–Trinajstić information content (AvgIpc) is 3.68. The third-order valence-electron chi connectivity index (χ3n) is 6.48. The molecule has 1 fully saturated rings. The van der Waals surface area contributed by atoms with Crippen LogP contribution >= 0.6 is 11.3 Å². The molecule has 2 aromatic carbocycles. The van der Waals surface area contributed by atoms with Crippen LogP contribution in [0, 0.1) is 6.92 Å². The molecule has 0 aliphatic carbocycles. The number of anilines is 1. The first-order valence-corrected chi connectivity index (χ1v) is 13.6. The number of amides is 3. The van der Waals surface area contributed by atoms with Crippen molar-refractivity contribution >= 4 is 34.7 Å². The second-order valence-corrected chi connectivity index (χ2v) is 10.1. The Balaban J connectivity index is 1.70. The summed E-state index contributed by atoms with van der Waals surface area (Å²) in [5, 5.41) is 7.46. The number of methoxy groups -OCH3 is 2. The van der Waals surface area contributed by atoms with Crippen molar-refractivity contribution in [1.29, 1.82) is 0 Å². The summed E-state index contributed by atoms with van der Waals surface area (Å²) in [6.45, 7) is 2.63. The molecule has 4 rings (SSSR count). The van der Waals surface area contributed by atoms with Crippen LogP contribution < -0.4 is 25.0 Å². The Morgan fingerprint density at radius 2 is 1.82 bits per heavy atom. The van der Waals surface area contributed by atoms with Crippen LogP contribution in [-0.4, -0.2) is 57.7 Å². The highest BCUT2D eigenvalue weighted by Gasteiger charge is 2.34. The number of nitrogens with zero attached hydrogens (tertiary/aromatic N) is 1. The first-order valence-electron chi connectivity index (χ1n) is 12.7. The van der Waals surface area contributed by atoms with Crippen molar-refractivity contribution in [2.24, 2.45) is 0 Å². The molecule has 3 amide bonds. The maximum absolute atomic E-state index is 13.8. The highest BCUT2D eigenvalue weighted by Crippen LogP contribution is 2.34. The molecule has 1 aliphatic rings. The molecule has 9 nitrogen and oxygen atoms in total. The predicted molar refractivity (Wildman–Crippen MR) is 150 cm³/mol. The van der Waals surface area contributed by atoms with E-state index < -0.39 is 11.9 Å². The lowest BCUT2D eigenvalue weighted by Gasteiger charge is -2.32. The maximum atomic E-state index is 13.8. The van der Waals surface area contributed by atoms with Gasteiger partial charge in [-0.3, -0.25) is 19.3 Å². The molecule has 1 aromatic heterocycles. The van der Waals surface area contributed by atoms with Crippen molar-refractivity contribution in [3.05, 3.63) is 76.0 Å². The summed E-state index contributed by atoms with van der Waals surface area (Å²) in [7, 11) is 3.04. The summed E-state index contributed by atoms with van der Waals surface area (Å²) in [6, 6.07) is 14.8. The van der Waals surface area contributed by atoms with Gasteiger partial charge in [-0.25, -0.2) is 0 Å². The van der Waals surface area contributed by atoms with Gasteiger partial charge in [0.05, 0.1) is 31.7 Å². The molecule has 1 saturated heterocycles. The SMILES string of the molecule is COc1ccc([C@@H](C(=O)NC[C@@H]2CCCO2)N(C(=O)CNC(=O)c2cccs2)c2ccc(C)cc2)cc1OC. The molecule has 2 atom stereocenters. The zero-order valence-corrected chi connectivity index (χ0v) is 23.1. The van der Waals surface area contributed by atoms with E-state index in [-0.39, 0.29) is 24.5 Å². The Bertz CT molecular complexity index is 1270. The summed E-state index contributed by atoms with van der Waals surface area (Å²) < 4.78 is 16.6. The third kappa shape index (κ3) is 6.96. The summed E-state index contributed by atoms with van der Waals surface area (Å²) >= 11 is 1.28. The highest BCUT2D eigenvalue weighted by atomic mass is 32.1. The molecule has 2 N–H and O–H groups in total. The molecular formula is C29H33N3O6S. The molecule has 3 aromatic rings. The Hall–Kier alpha value is -3.89. The van der Waals surface area contributed by atoms with Crippen LogP contribution in [0.2, 0.25) is 0 Å². The van der Waals surface area contributed by atoms with E-state index in [1.54, 1.807) is 47.8 Å². The van der Waals surface area contributed by atoms with Crippen LogP contribution in [0.5, 0.6) is 11.5 Å². The molecular weight excluding hydrogens is 518 g/mol. The van der Waals surface area contributed by atoms with Crippen molar-refractivity contribution in [3.8, 4) is 11.5 Å². The fraction of sp³-hybridized carbons (Fsp3) is 0.345. The van der Waals surface area contributed by atoms with Crippen LogP contribution in [0.15, 0.2) is 60.0 Å². The Morgan fingerprint density at radius 3 is 2.46 bits per heavy atom. The van der Waals surface area contributed by atoms with E-state index in [0.29, 0.717) is 40.8 Å². The Kier molecular flexibility index (Phi) is 9.56. The number of nitrogens with one attached hydrogen (secondary N) is 2. The first kappa shape index (κ1) is 28.1. The van der Waals surface area contributed by atoms with Crippen LogP contribution in [0.25, 0.3) is 0 Å². The predicted octanol–water partition coefficient (Wildman–Crippen LogP) is 3.87. The van der Waals surface area contributed by atoms with E-state index in [1.165, 1.54) is 30.5 Å². The van der Waals surface area contributed by atoms with Crippen molar-refractivity contribution in [2.75, 3.05) is 38.8 Å². The largest absolute Gasteiger partial charge is 0.493 e. The smallest absolute Gasteiger partial charge is 0.261 e. The van der Waals surface area contributed by atoms with Gasteiger partial charge in [0, 0.05) is 18.8 Å². The Morgan fingerprint density at radius 1 is 1.05 bits per heavy atom. The van der Waals surface area contributed by atoms with Gasteiger partial charge in [-0.15, -0.1) is 11.3 Å². The lowest BCUT2D eigenvalue weighted by Crippen LogP contribution is -2.48. The quantitative estimate of drug-likeness (QED) is 0.375. The minimum atomic E-state index is -1.06. The van der Waals surface area contributed by atoms with Gasteiger partial charge in [0.15, 0.2) is 11.5 Å². The minimum Gasteiger partial charge on any atom is -0.493 e. The van der Waals surface area contributed by atoms with Crippen LogP contribution in [-0.2, 0) is 14.3 Å². The van der Waals surface area contributed by atoms with Crippen LogP contribution in [0.1, 0.15) is 39.7 Å². The molecule has 2 heterocycles. The number of carbonyl (C=O) groups is 3. The molecule has 0 bridgehead atoms. The van der Waals surface area contributed by atoms with Crippen LogP contribution in [0.3, 0.4) is 0 Å². The summed E-state index contributed by atoms with van der Waals surface area (Å²) in [4.78, 5) is 42.2. The summed E-state index contributed by atoms with van der Waals surface area (Å²) in [5.74, 6) is -0.259. The number of hydrogen-bond donors (Lipinski definition) is 2. The third-order valence-corrected chi connectivity index (χ3v) is 7.35. The number of ether oxygens (including phenoxy) is 3. The topological polar surface area (TPSA) is 106 Å². The van der Waals surface area contributed by atoms with Crippen molar-refractivity contribution in [1.82, 2.24) is 10.6 Å². The lowest BCUT2D eigenvalue weighted by molar-refractivity contribution is -0.126. The van der Waals surface area contributed by atoms with Crippen molar-refractivity contribution < 1.29 is 28.6 Å². The number of rotatable bonds is 11. The average molecular weight is 552 g/mol.